The van der Waals surface area contributed by atoms with E-state index in [1.165, 1.54) is 39.6 Å². The Bertz CT molecular complexity index is 1820. The number of methoxy groups -OCH3 is 1. The normalized spacial score (nSPS) is 17.7. The second kappa shape index (κ2) is 14.6. The van der Waals surface area contributed by atoms with E-state index in [0.29, 0.717) is 22.5 Å². The molecule has 2 heterocycles. The highest BCUT2D eigenvalue weighted by atomic mass is 35.5. The molecule has 268 valence electrons. The van der Waals surface area contributed by atoms with Crippen molar-refractivity contribution >= 4 is 46.5 Å². The number of benzene rings is 1. The van der Waals surface area contributed by atoms with Gasteiger partial charge in [-0.1, -0.05) is 45.1 Å². The lowest BCUT2D eigenvalue weighted by molar-refractivity contribution is -0.185. The zero-order valence-corrected chi connectivity index (χ0v) is 30.4. The topological polar surface area (TPSA) is 158 Å². The van der Waals surface area contributed by atoms with Gasteiger partial charge in [-0.25, -0.2) is 4.98 Å². The van der Waals surface area contributed by atoms with Crippen LogP contribution in [0.3, 0.4) is 0 Å². The molecule has 0 saturated heterocycles. The zero-order valence-electron chi connectivity index (χ0n) is 29.6. The molecule has 0 amide bonds. The molecule has 1 aromatic carbocycles. The smallest absolute Gasteiger partial charge is 0.309 e. The number of carbonyl (C=O) groups is 3. The van der Waals surface area contributed by atoms with E-state index < -0.39 is 35.7 Å². The molecule has 2 aliphatic rings. The van der Waals surface area contributed by atoms with E-state index in [1.54, 1.807) is 10.6 Å². The van der Waals surface area contributed by atoms with Crippen molar-refractivity contribution in [1.29, 1.82) is 0 Å². The van der Waals surface area contributed by atoms with Crippen LogP contribution in [0.4, 0.5) is 5.82 Å². The molecule has 2 atom stereocenters. The summed E-state index contributed by atoms with van der Waals surface area (Å²) in [5, 5.41) is -0.0790. The van der Waals surface area contributed by atoms with Crippen LogP contribution in [-0.4, -0.2) is 62.8 Å². The van der Waals surface area contributed by atoms with Crippen molar-refractivity contribution in [3.8, 4) is 18.1 Å². The Hall–Kier alpha value is -4.21. The molecule has 1 spiro atoms. The van der Waals surface area contributed by atoms with E-state index in [9.17, 15) is 14.4 Å². The summed E-state index contributed by atoms with van der Waals surface area (Å²) in [6.45, 7) is 8.40. The molecule has 0 bridgehead atoms. The maximum atomic E-state index is 13.7. The van der Waals surface area contributed by atoms with Gasteiger partial charge in [-0.3, -0.25) is 14.4 Å². The number of nitrogens with two attached hydrogens (primary N) is 1. The number of nitrogen functional groups attached to an aromatic ring is 1. The minimum Gasteiger partial charge on any atom is -0.461 e. The molecule has 0 radical (unpaired) electrons. The Balaban J connectivity index is 1.39. The number of ether oxygens (including phenoxy) is 4. The van der Waals surface area contributed by atoms with E-state index in [2.05, 4.69) is 20.9 Å². The van der Waals surface area contributed by atoms with Gasteiger partial charge in [0.05, 0.1) is 25.2 Å². The third-order valence-electron chi connectivity index (χ3n) is 10.2. The van der Waals surface area contributed by atoms with Crippen molar-refractivity contribution in [3.05, 3.63) is 40.4 Å². The van der Waals surface area contributed by atoms with Gasteiger partial charge >= 0.3 is 17.9 Å². The first-order valence-electron chi connectivity index (χ1n) is 16.9. The third-order valence-corrected chi connectivity index (χ3v) is 10.4. The maximum Gasteiger partial charge on any atom is 0.309 e. The fourth-order valence-corrected chi connectivity index (χ4v) is 8.00. The summed E-state index contributed by atoms with van der Waals surface area (Å²) in [6.07, 6.45) is 13.7. The van der Waals surface area contributed by atoms with Gasteiger partial charge < -0.3 is 29.2 Å². The van der Waals surface area contributed by atoms with Gasteiger partial charge in [0.1, 0.15) is 17.9 Å². The molecule has 2 saturated carbocycles. The van der Waals surface area contributed by atoms with Crippen LogP contribution >= 0.6 is 11.6 Å². The number of imidazole rings is 1. The van der Waals surface area contributed by atoms with Crippen LogP contribution in [0.2, 0.25) is 5.28 Å². The van der Waals surface area contributed by atoms with Crippen LogP contribution in [0.15, 0.2) is 18.5 Å². The highest BCUT2D eigenvalue weighted by Gasteiger charge is 2.50. The Morgan fingerprint density at radius 2 is 1.86 bits per heavy atom. The van der Waals surface area contributed by atoms with Gasteiger partial charge in [-0.05, 0) is 73.7 Å². The number of hydrogen-bond acceptors (Lipinski definition) is 11. The maximum absolute atomic E-state index is 13.7. The number of terminal acetylenes is 1. The highest BCUT2D eigenvalue weighted by molar-refractivity contribution is 6.28. The molecule has 50 heavy (non-hydrogen) atoms. The van der Waals surface area contributed by atoms with Crippen LogP contribution < -0.4 is 10.5 Å². The van der Waals surface area contributed by atoms with Crippen molar-refractivity contribution in [2.24, 2.45) is 11.3 Å². The second-order valence-corrected chi connectivity index (χ2v) is 14.9. The van der Waals surface area contributed by atoms with Gasteiger partial charge in [0.15, 0.2) is 17.6 Å². The Labute approximate surface area is 297 Å². The zero-order chi connectivity index (χ0) is 36.4. The number of aryl methyl sites for hydroxylation is 2. The van der Waals surface area contributed by atoms with Gasteiger partial charge in [-0.15, -0.1) is 6.42 Å². The van der Waals surface area contributed by atoms with Crippen molar-refractivity contribution in [3.63, 3.8) is 0 Å². The largest absolute Gasteiger partial charge is 0.461 e. The summed E-state index contributed by atoms with van der Waals surface area (Å²) in [5.41, 5.74) is 6.86. The number of fused-ring (bicyclic) bond motifs is 1. The number of aromatic nitrogens is 4. The van der Waals surface area contributed by atoms with Gasteiger partial charge in [0.25, 0.3) is 0 Å². The highest BCUT2D eigenvalue weighted by Crippen LogP contribution is 2.55. The Morgan fingerprint density at radius 3 is 2.50 bits per heavy atom. The van der Waals surface area contributed by atoms with E-state index in [4.69, 9.17) is 42.7 Å². The number of halogens is 1. The van der Waals surface area contributed by atoms with E-state index >= 15 is 0 Å². The molecule has 0 aliphatic heterocycles. The lowest BCUT2D eigenvalue weighted by atomic mass is 9.56. The number of hydrogen-bond donors (Lipinski definition) is 1. The molecule has 2 aromatic heterocycles. The van der Waals surface area contributed by atoms with Crippen LogP contribution in [0.25, 0.3) is 11.2 Å². The summed E-state index contributed by atoms with van der Waals surface area (Å²) >= 11 is 6.12. The molecular weight excluding hydrogens is 662 g/mol. The molecule has 3 aromatic rings. The van der Waals surface area contributed by atoms with E-state index in [1.807, 2.05) is 33.8 Å². The molecule has 13 heteroatoms. The number of anilines is 1. The van der Waals surface area contributed by atoms with Crippen LogP contribution in [-0.2, 0) is 40.6 Å². The fourth-order valence-electron chi connectivity index (χ4n) is 7.83. The summed E-state index contributed by atoms with van der Waals surface area (Å²) < 4.78 is 25.1. The number of carbonyl (C=O) groups excluding carboxylic acids is 3. The lowest BCUT2D eigenvalue weighted by Gasteiger charge is -2.49. The van der Waals surface area contributed by atoms with Crippen LogP contribution in [0, 0.1) is 37.5 Å². The summed E-state index contributed by atoms with van der Waals surface area (Å²) in [7, 11) is 1.38. The predicted octanol–water partition coefficient (Wildman–Crippen LogP) is 5.81. The minimum absolute atomic E-state index is 0.0533. The first kappa shape index (κ1) is 37.1. The number of rotatable bonds is 12. The van der Waals surface area contributed by atoms with Crippen molar-refractivity contribution in [1.82, 2.24) is 19.5 Å². The number of esters is 3. The molecule has 12 nitrogen and oxygen atoms in total. The lowest BCUT2D eigenvalue weighted by Crippen LogP contribution is -2.53. The first-order chi connectivity index (χ1) is 23.6. The molecule has 2 N–H and O–H groups in total. The fraction of sp³-hybridized carbons (Fsp3) is 0.568. The van der Waals surface area contributed by atoms with Gasteiger partial charge in [0.2, 0.25) is 10.9 Å². The Kier molecular flexibility index (Phi) is 10.8. The van der Waals surface area contributed by atoms with Crippen molar-refractivity contribution in [2.75, 3.05) is 19.5 Å². The second-order valence-electron chi connectivity index (χ2n) is 14.5. The monoisotopic (exact) mass is 707 g/mol. The van der Waals surface area contributed by atoms with Gasteiger partial charge in [0, 0.05) is 25.0 Å². The molecular formula is C37H46ClN5O7. The standard InChI is InChI=1S/C37H46ClN5O7/c1-8-37(47-7,20-48-28(45)18-35(5,6)29-23(3)14-22(2)15-26(29)49-24(4)44)27(19-43-21-40-30-31(39)41-34(38)42-32(30)43)50-33(46)25-16-36(17-25)12-10-9-11-13-36/h1,14-15,21,25,27H,9-13,16-20H2,2-7H3,(H2,39,41,42)/t27-,37?/m0/s1. The first-order valence-corrected chi connectivity index (χ1v) is 17.3. The Morgan fingerprint density at radius 1 is 1.16 bits per heavy atom. The SMILES string of the molecule is C#CC(COC(=O)CC(C)(C)c1c(C)cc(C)cc1OC(C)=O)(OC)[C@H](Cn1cnc2c(N)nc(Cl)nc21)OC(=O)C1CC2(CCCCC2)C1. The van der Waals surface area contributed by atoms with Gasteiger partial charge in [-0.2, -0.15) is 9.97 Å². The van der Waals surface area contributed by atoms with Crippen LogP contribution in [0.1, 0.15) is 88.8 Å². The summed E-state index contributed by atoms with van der Waals surface area (Å²) in [4.78, 5) is 51.7. The summed E-state index contributed by atoms with van der Waals surface area (Å²) in [5.74, 6) is 1.40. The van der Waals surface area contributed by atoms with Crippen LogP contribution in [0.5, 0.6) is 5.75 Å². The molecule has 5 rings (SSSR count). The van der Waals surface area contributed by atoms with Crippen molar-refractivity contribution in [2.45, 2.75) is 110 Å². The molecule has 1 unspecified atom stereocenters. The average Bonchev–Trinajstić information content (AvgIpc) is 3.42. The van der Waals surface area contributed by atoms with Crippen molar-refractivity contribution < 1.29 is 33.3 Å². The predicted molar refractivity (Wildman–Crippen MR) is 187 cm³/mol. The number of nitrogens with zero attached hydrogens (tertiary/aromatic N) is 4. The molecule has 2 fully saturated rings. The van der Waals surface area contributed by atoms with E-state index in [-0.39, 0.29) is 41.4 Å². The summed E-state index contributed by atoms with van der Waals surface area (Å²) in [6, 6.07) is 3.74. The minimum atomic E-state index is -1.69. The third kappa shape index (κ3) is 7.74. The quantitative estimate of drug-likeness (QED) is 0.105. The average molecular weight is 708 g/mol. The van der Waals surface area contributed by atoms with E-state index in [0.717, 1.165) is 36.8 Å². The molecule has 2 aliphatic carbocycles.